The smallest absolute Gasteiger partial charge is 0.0948 e. The second-order valence-corrected chi connectivity index (χ2v) is 6.34. The second kappa shape index (κ2) is 8.02. The Kier molecular flexibility index (Phi) is 6.04. The number of aromatic nitrogens is 2. The summed E-state index contributed by atoms with van der Waals surface area (Å²) in [7, 11) is 0. The summed E-state index contributed by atoms with van der Waals surface area (Å²) in [5, 5.41) is 0. The van der Waals surface area contributed by atoms with E-state index in [2.05, 4.69) is 66.9 Å². The Balaban J connectivity index is 2.20. The number of imidazole rings is 1. The molecule has 21 heavy (non-hydrogen) atoms. The van der Waals surface area contributed by atoms with Crippen LogP contribution in [0.25, 0.3) is 0 Å². The third-order valence-corrected chi connectivity index (χ3v) is 4.30. The average Bonchev–Trinajstić information content (AvgIpc) is 2.99. The highest BCUT2D eigenvalue weighted by atomic mass is 15.1. The lowest BCUT2D eigenvalue weighted by molar-refractivity contribution is 0.235. The van der Waals surface area contributed by atoms with Crippen LogP contribution in [0.3, 0.4) is 0 Å². The zero-order valence-corrected chi connectivity index (χ0v) is 13.6. The minimum atomic E-state index is 0.527. The largest absolute Gasteiger partial charge is 0.334 e. The van der Waals surface area contributed by atoms with Crippen molar-refractivity contribution in [1.29, 1.82) is 0 Å². The van der Waals surface area contributed by atoms with Gasteiger partial charge in [0.15, 0.2) is 0 Å². The molecule has 0 bridgehead atoms. The summed E-state index contributed by atoms with van der Waals surface area (Å²) >= 11 is 0. The highest BCUT2D eigenvalue weighted by Gasteiger charge is 2.25. The highest BCUT2D eigenvalue weighted by Crippen LogP contribution is 2.33. The minimum Gasteiger partial charge on any atom is -0.334 e. The van der Waals surface area contributed by atoms with Crippen molar-refractivity contribution in [1.82, 2.24) is 9.55 Å². The maximum atomic E-state index is 4.26. The lowest BCUT2D eigenvalue weighted by Crippen LogP contribution is -2.25. The molecule has 0 aliphatic heterocycles. The van der Waals surface area contributed by atoms with Crippen LogP contribution >= 0.6 is 0 Å². The fourth-order valence-corrected chi connectivity index (χ4v) is 3.35. The molecule has 1 aromatic carbocycles. The first-order valence-corrected chi connectivity index (χ1v) is 8.23. The molecule has 2 atom stereocenters. The van der Waals surface area contributed by atoms with Crippen molar-refractivity contribution in [3.63, 3.8) is 0 Å². The topological polar surface area (TPSA) is 17.8 Å². The molecule has 0 saturated carbocycles. The van der Waals surface area contributed by atoms with E-state index in [-0.39, 0.29) is 0 Å². The summed E-state index contributed by atoms with van der Waals surface area (Å²) in [6, 6.07) is 11.4. The van der Waals surface area contributed by atoms with Gasteiger partial charge in [0.25, 0.3) is 0 Å². The number of rotatable bonds is 8. The molecule has 0 N–H and O–H groups in total. The summed E-state index contributed by atoms with van der Waals surface area (Å²) in [6.07, 6.45) is 11.0. The Bertz CT molecular complexity index is 488. The normalized spacial score (nSPS) is 14.3. The van der Waals surface area contributed by atoms with Crippen LogP contribution in [0.4, 0.5) is 0 Å². The summed E-state index contributed by atoms with van der Waals surface area (Å²) in [5.74, 6) is 1.28. The van der Waals surface area contributed by atoms with Crippen molar-refractivity contribution in [2.75, 3.05) is 0 Å². The fraction of sp³-hybridized carbons (Fsp3) is 0.526. The molecule has 1 aromatic heterocycles. The average molecular weight is 284 g/mol. The number of benzene rings is 1. The van der Waals surface area contributed by atoms with Gasteiger partial charge in [-0.1, -0.05) is 63.9 Å². The Morgan fingerprint density at radius 1 is 1.14 bits per heavy atom. The molecule has 0 saturated heterocycles. The molecule has 2 nitrogen and oxygen atoms in total. The van der Waals surface area contributed by atoms with E-state index < -0.39 is 0 Å². The molecule has 2 heteroatoms. The van der Waals surface area contributed by atoms with Crippen LogP contribution in [0.2, 0.25) is 0 Å². The van der Waals surface area contributed by atoms with Crippen molar-refractivity contribution in [3.05, 3.63) is 54.6 Å². The van der Waals surface area contributed by atoms with Gasteiger partial charge >= 0.3 is 0 Å². The molecule has 1 heterocycles. The monoisotopic (exact) mass is 284 g/mol. The predicted octanol–water partition coefficient (Wildman–Crippen LogP) is 5.13. The Morgan fingerprint density at radius 3 is 2.48 bits per heavy atom. The quantitative estimate of drug-likeness (QED) is 0.657. The van der Waals surface area contributed by atoms with E-state index in [0.29, 0.717) is 17.9 Å². The molecular weight excluding hydrogens is 256 g/mol. The van der Waals surface area contributed by atoms with Gasteiger partial charge in [-0.3, -0.25) is 0 Å². The van der Waals surface area contributed by atoms with Crippen LogP contribution in [-0.4, -0.2) is 9.55 Å². The van der Waals surface area contributed by atoms with Crippen molar-refractivity contribution in [3.8, 4) is 0 Å². The van der Waals surface area contributed by atoms with Gasteiger partial charge in [-0.25, -0.2) is 4.98 Å². The number of nitrogens with zero attached hydrogens (tertiary/aromatic N) is 2. The van der Waals surface area contributed by atoms with Crippen molar-refractivity contribution >= 4 is 0 Å². The third-order valence-electron chi connectivity index (χ3n) is 4.30. The first-order valence-electron chi connectivity index (χ1n) is 8.23. The van der Waals surface area contributed by atoms with Gasteiger partial charge in [0, 0.05) is 18.4 Å². The predicted molar refractivity (Wildman–Crippen MR) is 89.3 cm³/mol. The Hall–Kier alpha value is -1.57. The number of hydrogen-bond donors (Lipinski definition) is 0. The van der Waals surface area contributed by atoms with Gasteiger partial charge in [-0.2, -0.15) is 0 Å². The molecular formula is C19H28N2. The van der Waals surface area contributed by atoms with Gasteiger partial charge in [-0.15, -0.1) is 0 Å². The van der Waals surface area contributed by atoms with Crippen molar-refractivity contribution < 1.29 is 0 Å². The maximum absolute atomic E-state index is 4.26. The van der Waals surface area contributed by atoms with Gasteiger partial charge in [-0.05, 0) is 30.2 Å². The first kappa shape index (κ1) is 15.8. The van der Waals surface area contributed by atoms with Crippen molar-refractivity contribution in [2.45, 2.75) is 52.5 Å². The fourth-order valence-electron chi connectivity index (χ4n) is 3.35. The van der Waals surface area contributed by atoms with Gasteiger partial charge in [0.05, 0.1) is 6.33 Å². The van der Waals surface area contributed by atoms with Crippen LogP contribution < -0.4 is 0 Å². The number of unbranched alkanes of at least 4 members (excludes halogenated alkanes) is 1. The van der Waals surface area contributed by atoms with E-state index >= 15 is 0 Å². The summed E-state index contributed by atoms with van der Waals surface area (Å²) < 4.78 is 2.31. The second-order valence-electron chi connectivity index (χ2n) is 6.34. The molecule has 2 aromatic rings. The van der Waals surface area contributed by atoms with Crippen LogP contribution in [-0.2, 0) is 6.42 Å². The Morgan fingerprint density at radius 2 is 1.90 bits per heavy atom. The zero-order chi connectivity index (χ0) is 15.1. The van der Waals surface area contributed by atoms with Crippen molar-refractivity contribution in [2.24, 2.45) is 11.8 Å². The number of hydrogen-bond acceptors (Lipinski definition) is 1. The van der Waals surface area contributed by atoms with Crippen LogP contribution in [0.1, 0.15) is 51.6 Å². The van der Waals surface area contributed by atoms with E-state index in [1.54, 1.807) is 0 Å². The van der Waals surface area contributed by atoms with E-state index in [1.165, 1.54) is 24.8 Å². The zero-order valence-electron chi connectivity index (χ0n) is 13.6. The van der Waals surface area contributed by atoms with E-state index in [9.17, 15) is 0 Å². The summed E-state index contributed by atoms with van der Waals surface area (Å²) in [5.41, 5.74) is 1.45. The van der Waals surface area contributed by atoms with E-state index in [4.69, 9.17) is 0 Å². The third kappa shape index (κ3) is 4.45. The van der Waals surface area contributed by atoms with Crippen LogP contribution in [0, 0.1) is 11.8 Å². The molecule has 0 aliphatic rings. The lowest BCUT2D eigenvalue weighted by Gasteiger charge is -2.31. The molecule has 2 rings (SSSR count). The minimum absolute atomic E-state index is 0.527. The van der Waals surface area contributed by atoms with Gasteiger partial charge in [0.1, 0.15) is 0 Å². The maximum Gasteiger partial charge on any atom is 0.0948 e. The van der Waals surface area contributed by atoms with Crippen LogP contribution in [0.5, 0.6) is 0 Å². The molecule has 0 amide bonds. The Labute approximate surface area is 129 Å². The molecule has 0 radical (unpaired) electrons. The van der Waals surface area contributed by atoms with E-state index in [0.717, 1.165) is 6.42 Å². The lowest BCUT2D eigenvalue weighted by atomic mass is 9.82. The molecule has 114 valence electrons. The highest BCUT2D eigenvalue weighted by molar-refractivity contribution is 5.15. The standard InChI is InChI=1S/C19H28N2/c1-4-5-11-18(14-17-9-7-6-8-10-17)19(16(2)3)21-13-12-20-15-21/h6-10,12-13,15-16,18-19H,4-5,11,14H2,1-3H3. The molecule has 0 aliphatic carbocycles. The molecule has 2 unspecified atom stereocenters. The first-order chi connectivity index (χ1) is 10.2. The van der Waals surface area contributed by atoms with Gasteiger partial charge < -0.3 is 4.57 Å². The van der Waals surface area contributed by atoms with Gasteiger partial charge in [0.2, 0.25) is 0 Å². The molecule has 0 spiro atoms. The SMILES string of the molecule is CCCCC(Cc1ccccc1)C(C(C)C)n1ccnc1. The molecule has 0 fully saturated rings. The van der Waals surface area contributed by atoms with E-state index in [1.807, 2.05) is 12.5 Å². The summed E-state index contributed by atoms with van der Waals surface area (Å²) in [6.45, 7) is 6.93. The summed E-state index contributed by atoms with van der Waals surface area (Å²) in [4.78, 5) is 4.26. The van der Waals surface area contributed by atoms with Crippen LogP contribution in [0.15, 0.2) is 49.1 Å².